The van der Waals surface area contributed by atoms with Crippen molar-refractivity contribution in [3.63, 3.8) is 0 Å². The number of amides is 1. The van der Waals surface area contributed by atoms with Crippen molar-refractivity contribution in [3.8, 4) is 0 Å². The molecular weight excluding hydrogens is 448 g/mol. The number of fused-ring (bicyclic) bond motifs is 3. The molecule has 0 radical (unpaired) electrons. The number of rotatable bonds is 7. The fraction of sp³-hybridized carbons (Fsp3) is 0.276. The number of nitrogens with zero attached hydrogens (tertiary/aromatic N) is 3. The molecule has 36 heavy (non-hydrogen) atoms. The molecule has 6 rings (SSSR count). The molecule has 7 heteroatoms. The van der Waals surface area contributed by atoms with Gasteiger partial charge in [0.1, 0.15) is 11.3 Å². The average Bonchev–Trinajstić information content (AvgIpc) is 3.51. The highest BCUT2D eigenvalue weighted by molar-refractivity contribution is 6.04. The molecule has 3 N–H and O–H groups in total. The first-order valence-electron chi connectivity index (χ1n) is 12.6. The lowest BCUT2D eigenvalue weighted by molar-refractivity contribution is 0.0955. The largest absolute Gasteiger partial charge is 0.361 e. The molecule has 0 fully saturated rings. The smallest absolute Gasteiger partial charge is 0.253 e. The van der Waals surface area contributed by atoms with Crippen LogP contribution in [-0.4, -0.2) is 44.3 Å². The van der Waals surface area contributed by atoms with Crippen LogP contribution in [0.4, 0.5) is 0 Å². The number of H-pyrrole nitrogens is 2. The summed E-state index contributed by atoms with van der Waals surface area (Å²) in [7, 11) is 2.12. The van der Waals surface area contributed by atoms with Crippen LogP contribution in [0.1, 0.15) is 51.9 Å². The van der Waals surface area contributed by atoms with Crippen LogP contribution in [0.2, 0.25) is 0 Å². The summed E-state index contributed by atoms with van der Waals surface area (Å²) in [6.45, 7) is 1.22. The summed E-state index contributed by atoms with van der Waals surface area (Å²) in [5.74, 6) is 0.756. The van der Waals surface area contributed by atoms with Crippen molar-refractivity contribution < 1.29 is 4.79 Å². The highest BCUT2D eigenvalue weighted by Gasteiger charge is 2.25. The number of benzene rings is 2. The number of aromatic nitrogens is 4. The Hall–Kier alpha value is -3.97. The van der Waals surface area contributed by atoms with Crippen molar-refractivity contribution >= 4 is 27.8 Å². The van der Waals surface area contributed by atoms with Gasteiger partial charge in [-0.2, -0.15) is 0 Å². The number of nitrogens with one attached hydrogen (secondary N) is 3. The Morgan fingerprint density at radius 3 is 2.94 bits per heavy atom. The van der Waals surface area contributed by atoms with Crippen LogP contribution in [0.15, 0.2) is 67.0 Å². The number of carbonyl (C=O) groups is 1. The van der Waals surface area contributed by atoms with E-state index < -0.39 is 0 Å². The monoisotopic (exact) mass is 478 g/mol. The first-order valence-corrected chi connectivity index (χ1v) is 12.6. The molecule has 182 valence electrons. The van der Waals surface area contributed by atoms with Crippen molar-refractivity contribution in [3.05, 3.63) is 95.2 Å². The van der Waals surface area contributed by atoms with Gasteiger partial charge in [-0.15, -0.1) is 0 Å². The predicted octanol–water partition coefficient (Wildman–Crippen LogP) is 4.92. The lowest BCUT2D eigenvalue weighted by atomic mass is 9.91. The zero-order valence-electron chi connectivity index (χ0n) is 20.4. The van der Waals surface area contributed by atoms with E-state index in [1.807, 2.05) is 48.8 Å². The Balaban J connectivity index is 1.15. The van der Waals surface area contributed by atoms with Crippen LogP contribution in [0, 0.1) is 0 Å². The molecule has 0 saturated heterocycles. The van der Waals surface area contributed by atoms with Gasteiger partial charge in [0, 0.05) is 29.8 Å². The zero-order valence-corrected chi connectivity index (χ0v) is 20.4. The Bertz CT molecular complexity index is 1530. The molecule has 0 bridgehead atoms. The SMILES string of the molecule is CN(Cc1nc2c(C(=O)NCCc3c[nH]c4ccccc34)cccc2[nH]1)C1CCCc2cccnc21. The minimum absolute atomic E-state index is 0.0998. The normalized spacial score (nSPS) is 15.4. The second-order valence-electron chi connectivity index (χ2n) is 9.62. The number of aryl methyl sites for hydroxylation is 1. The highest BCUT2D eigenvalue weighted by Crippen LogP contribution is 2.32. The van der Waals surface area contributed by atoms with Crippen molar-refractivity contribution in [1.82, 2.24) is 30.2 Å². The molecule has 0 saturated carbocycles. The Morgan fingerprint density at radius 1 is 1.11 bits per heavy atom. The summed E-state index contributed by atoms with van der Waals surface area (Å²) < 4.78 is 0. The van der Waals surface area contributed by atoms with E-state index in [-0.39, 0.29) is 11.9 Å². The Morgan fingerprint density at radius 2 is 2.00 bits per heavy atom. The van der Waals surface area contributed by atoms with Crippen LogP contribution in [0.25, 0.3) is 21.9 Å². The molecule has 1 aliphatic carbocycles. The maximum atomic E-state index is 13.1. The summed E-state index contributed by atoms with van der Waals surface area (Å²) >= 11 is 0. The Kier molecular flexibility index (Phi) is 5.99. The molecule has 0 spiro atoms. The van der Waals surface area contributed by atoms with Crippen molar-refractivity contribution in [1.29, 1.82) is 0 Å². The van der Waals surface area contributed by atoms with E-state index in [9.17, 15) is 4.79 Å². The van der Waals surface area contributed by atoms with Crippen LogP contribution in [0.3, 0.4) is 0 Å². The van der Waals surface area contributed by atoms with Crippen molar-refractivity contribution in [2.45, 2.75) is 38.3 Å². The van der Waals surface area contributed by atoms with E-state index in [2.05, 4.69) is 50.4 Å². The minimum atomic E-state index is -0.0998. The summed E-state index contributed by atoms with van der Waals surface area (Å²) in [5, 5.41) is 4.28. The molecular formula is C29H30N6O. The molecule has 1 atom stereocenters. The van der Waals surface area contributed by atoms with E-state index in [1.165, 1.54) is 22.2 Å². The average molecular weight is 479 g/mol. The van der Waals surface area contributed by atoms with Gasteiger partial charge in [0.2, 0.25) is 0 Å². The van der Waals surface area contributed by atoms with Gasteiger partial charge in [0.25, 0.3) is 5.91 Å². The topological polar surface area (TPSA) is 89.7 Å². The minimum Gasteiger partial charge on any atom is -0.361 e. The third-order valence-electron chi connectivity index (χ3n) is 7.26. The molecule has 7 nitrogen and oxygen atoms in total. The fourth-order valence-electron chi connectivity index (χ4n) is 5.45. The van der Waals surface area contributed by atoms with E-state index in [0.717, 1.165) is 42.5 Å². The van der Waals surface area contributed by atoms with Crippen LogP contribution in [-0.2, 0) is 19.4 Å². The van der Waals surface area contributed by atoms with E-state index in [0.29, 0.717) is 24.2 Å². The first kappa shape index (κ1) is 22.5. The summed E-state index contributed by atoms with van der Waals surface area (Å²) in [6.07, 6.45) is 8.02. The van der Waals surface area contributed by atoms with Gasteiger partial charge >= 0.3 is 0 Å². The van der Waals surface area contributed by atoms with Crippen LogP contribution >= 0.6 is 0 Å². The number of pyridine rings is 1. The third kappa shape index (κ3) is 4.27. The summed E-state index contributed by atoms with van der Waals surface area (Å²) in [4.78, 5) is 31.6. The molecule has 5 aromatic rings. The fourth-order valence-corrected chi connectivity index (χ4v) is 5.45. The molecule has 3 heterocycles. The van der Waals surface area contributed by atoms with Crippen molar-refractivity contribution in [2.75, 3.05) is 13.6 Å². The zero-order chi connectivity index (χ0) is 24.5. The first-order chi connectivity index (χ1) is 17.7. The number of imidazole rings is 1. The number of hydrogen-bond acceptors (Lipinski definition) is 4. The number of aromatic amines is 2. The number of carbonyl (C=O) groups excluding carboxylic acids is 1. The second-order valence-corrected chi connectivity index (χ2v) is 9.62. The number of para-hydroxylation sites is 2. The van der Waals surface area contributed by atoms with E-state index in [1.54, 1.807) is 0 Å². The van der Waals surface area contributed by atoms with Gasteiger partial charge in [-0.3, -0.25) is 14.7 Å². The molecule has 3 aromatic heterocycles. The Labute approximate surface area is 210 Å². The lowest BCUT2D eigenvalue weighted by Gasteiger charge is -2.31. The lowest BCUT2D eigenvalue weighted by Crippen LogP contribution is -2.28. The maximum Gasteiger partial charge on any atom is 0.253 e. The molecule has 1 unspecified atom stereocenters. The summed E-state index contributed by atoms with van der Waals surface area (Å²) in [5.41, 5.74) is 7.03. The maximum absolute atomic E-state index is 13.1. The van der Waals surface area contributed by atoms with Gasteiger partial charge in [-0.25, -0.2) is 4.98 Å². The highest BCUT2D eigenvalue weighted by atomic mass is 16.1. The standard InChI is InChI=1S/C29H30N6O/c1-35(25-13-4-7-19-8-6-15-30-27(19)25)18-26-33-24-12-5-10-22(28(24)34-26)29(36)31-16-14-20-17-32-23-11-3-2-9-21(20)23/h2-3,5-6,8-12,15,17,25,32H,4,7,13-14,16,18H2,1H3,(H,31,36)(H,33,34). The van der Waals surface area contributed by atoms with Crippen LogP contribution in [0.5, 0.6) is 0 Å². The van der Waals surface area contributed by atoms with Crippen LogP contribution < -0.4 is 5.32 Å². The molecule has 1 amide bonds. The predicted molar refractivity (Wildman–Crippen MR) is 142 cm³/mol. The quantitative estimate of drug-likeness (QED) is 0.310. The van der Waals surface area contributed by atoms with Gasteiger partial charge in [-0.1, -0.05) is 30.3 Å². The van der Waals surface area contributed by atoms with E-state index in [4.69, 9.17) is 4.98 Å². The van der Waals surface area contributed by atoms with Crippen molar-refractivity contribution in [2.24, 2.45) is 0 Å². The molecule has 2 aromatic carbocycles. The van der Waals surface area contributed by atoms with Gasteiger partial charge in [-0.05, 0) is 68.1 Å². The number of hydrogen-bond donors (Lipinski definition) is 3. The van der Waals surface area contributed by atoms with E-state index >= 15 is 0 Å². The summed E-state index contributed by atoms with van der Waals surface area (Å²) in [6, 6.07) is 18.4. The van der Waals surface area contributed by atoms with Gasteiger partial charge in [0.15, 0.2) is 0 Å². The second kappa shape index (κ2) is 9.59. The third-order valence-corrected chi connectivity index (χ3v) is 7.26. The van der Waals surface area contributed by atoms with Gasteiger partial charge < -0.3 is 15.3 Å². The molecule has 1 aliphatic rings. The van der Waals surface area contributed by atoms with Gasteiger partial charge in [0.05, 0.1) is 29.4 Å². The molecule has 0 aliphatic heterocycles.